The third-order valence-corrected chi connectivity index (χ3v) is 5.19. The van der Waals surface area contributed by atoms with Crippen molar-refractivity contribution in [1.82, 2.24) is 20.3 Å². The monoisotopic (exact) mass is 378 g/mol. The molecule has 1 N–H and O–H groups in total. The minimum Gasteiger partial charge on any atom is -0.355 e. The summed E-state index contributed by atoms with van der Waals surface area (Å²) in [4.78, 5) is 13.9. The summed E-state index contributed by atoms with van der Waals surface area (Å²) in [5, 5.41) is 13.3. The average Bonchev–Trinajstić information content (AvgIpc) is 3.41. The summed E-state index contributed by atoms with van der Waals surface area (Å²) in [5.74, 6) is 0.243. The number of rotatable bonds is 5. The van der Waals surface area contributed by atoms with Crippen LogP contribution < -0.4 is 5.32 Å². The number of aromatic nitrogens is 3. The van der Waals surface area contributed by atoms with Crippen molar-refractivity contribution in [1.29, 1.82) is 0 Å². The molecule has 0 saturated carbocycles. The van der Waals surface area contributed by atoms with Gasteiger partial charge in [-0.05, 0) is 23.9 Å². The maximum Gasteiger partial charge on any atom is 0.274 e. The van der Waals surface area contributed by atoms with Crippen LogP contribution in [0.2, 0.25) is 0 Å². The van der Waals surface area contributed by atoms with Crippen LogP contribution in [0.15, 0.2) is 64.6 Å². The lowest BCUT2D eigenvalue weighted by Crippen LogP contribution is -2.29. The number of carbonyl (C=O) groups is 1. The molecule has 4 rings (SSSR count). The van der Waals surface area contributed by atoms with E-state index in [1.54, 1.807) is 22.1 Å². The van der Waals surface area contributed by atoms with Crippen LogP contribution in [0, 0.1) is 6.92 Å². The second kappa shape index (κ2) is 7.20. The van der Waals surface area contributed by atoms with Gasteiger partial charge in [0.25, 0.3) is 5.91 Å². The Balaban J connectivity index is 1.60. The van der Waals surface area contributed by atoms with Crippen LogP contribution in [0.1, 0.15) is 32.7 Å². The van der Waals surface area contributed by atoms with Gasteiger partial charge in [0.15, 0.2) is 11.5 Å². The van der Waals surface area contributed by atoms with Gasteiger partial charge in [0.1, 0.15) is 0 Å². The molecule has 1 unspecified atom stereocenters. The van der Waals surface area contributed by atoms with E-state index in [1.165, 1.54) is 0 Å². The van der Waals surface area contributed by atoms with Crippen LogP contribution >= 0.6 is 11.3 Å². The van der Waals surface area contributed by atoms with E-state index in [1.807, 2.05) is 68.0 Å². The Hall–Kier alpha value is -3.19. The van der Waals surface area contributed by atoms with Crippen molar-refractivity contribution in [3.8, 4) is 11.3 Å². The zero-order chi connectivity index (χ0) is 18.8. The lowest BCUT2D eigenvalue weighted by Gasteiger charge is -2.17. The Morgan fingerprint density at radius 3 is 2.70 bits per heavy atom. The van der Waals surface area contributed by atoms with E-state index in [0.29, 0.717) is 5.76 Å². The van der Waals surface area contributed by atoms with Gasteiger partial charge in [-0.1, -0.05) is 41.6 Å². The molecule has 0 aliphatic heterocycles. The lowest BCUT2D eigenvalue weighted by atomic mass is 10.1. The van der Waals surface area contributed by atoms with Crippen LogP contribution in [0.25, 0.3) is 11.3 Å². The highest BCUT2D eigenvalue weighted by Crippen LogP contribution is 2.27. The smallest absolute Gasteiger partial charge is 0.274 e. The Kier molecular flexibility index (Phi) is 4.60. The summed E-state index contributed by atoms with van der Waals surface area (Å²) in [7, 11) is 1.84. The molecular formula is C20H18N4O2S. The van der Waals surface area contributed by atoms with Gasteiger partial charge in [-0.3, -0.25) is 9.48 Å². The highest BCUT2D eigenvalue weighted by molar-refractivity contribution is 7.10. The van der Waals surface area contributed by atoms with E-state index < -0.39 is 0 Å². The van der Waals surface area contributed by atoms with Crippen LogP contribution in [0.5, 0.6) is 0 Å². The van der Waals surface area contributed by atoms with Gasteiger partial charge in [-0.15, -0.1) is 11.3 Å². The van der Waals surface area contributed by atoms with Crippen molar-refractivity contribution in [3.63, 3.8) is 0 Å². The number of nitrogens with one attached hydrogen (secondary N) is 1. The molecule has 0 fully saturated rings. The van der Waals surface area contributed by atoms with Crippen LogP contribution in [-0.4, -0.2) is 20.8 Å². The molecule has 3 aromatic heterocycles. The van der Waals surface area contributed by atoms with Crippen LogP contribution in [0.3, 0.4) is 0 Å². The Morgan fingerprint density at radius 1 is 1.22 bits per heavy atom. The summed E-state index contributed by atoms with van der Waals surface area (Å²) in [6.07, 6.45) is 1.84. The maximum absolute atomic E-state index is 12.8. The molecule has 0 bridgehead atoms. The first-order valence-corrected chi connectivity index (χ1v) is 9.36. The molecule has 27 heavy (non-hydrogen) atoms. The second-order valence-corrected chi connectivity index (χ2v) is 7.19. The van der Waals surface area contributed by atoms with Crippen LogP contribution in [0.4, 0.5) is 0 Å². The largest absolute Gasteiger partial charge is 0.355 e. The predicted molar refractivity (Wildman–Crippen MR) is 104 cm³/mol. The average molecular weight is 378 g/mol. The molecule has 1 atom stereocenters. The summed E-state index contributed by atoms with van der Waals surface area (Å²) < 4.78 is 7.09. The fraction of sp³-hybridized carbons (Fsp3) is 0.150. The highest BCUT2D eigenvalue weighted by atomic mass is 32.1. The Labute approximate surface area is 160 Å². The quantitative estimate of drug-likeness (QED) is 0.570. The first-order valence-electron chi connectivity index (χ1n) is 8.48. The predicted octanol–water partition coefficient (Wildman–Crippen LogP) is 3.96. The zero-order valence-electron chi connectivity index (χ0n) is 14.9. The molecule has 0 saturated heterocycles. The SMILES string of the molecule is Cc1nn(C)cc1-c1cc(C(=O)NC(c2ccccc2)c2cccs2)no1. The van der Waals surface area contributed by atoms with E-state index >= 15 is 0 Å². The van der Waals surface area contributed by atoms with E-state index in [9.17, 15) is 4.79 Å². The molecule has 1 amide bonds. The minimum atomic E-state index is -0.284. The normalized spacial score (nSPS) is 12.1. The third kappa shape index (κ3) is 3.54. The summed E-state index contributed by atoms with van der Waals surface area (Å²) >= 11 is 1.60. The number of thiophene rings is 1. The molecule has 3 heterocycles. The number of hydrogen-bond donors (Lipinski definition) is 1. The van der Waals surface area contributed by atoms with Gasteiger partial charge < -0.3 is 9.84 Å². The van der Waals surface area contributed by atoms with Crippen molar-refractivity contribution >= 4 is 17.2 Å². The van der Waals surface area contributed by atoms with Crippen molar-refractivity contribution in [2.24, 2.45) is 7.05 Å². The van der Waals surface area contributed by atoms with Gasteiger partial charge in [0.05, 0.1) is 17.3 Å². The van der Waals surface area contributed by atoms with Gasteiger partial charge in [0, 0.05) is 24.2 Å². The Morgan fingerprint density at radius 2 is 2.04 bits per heavy atom. The zero-order valence-corrected chi connectivity index (χ0v) is 15.7. The van der Waals surface area contributed by atoms with Gasteiger partial charge in [0.2, 0.25) is 0 Å². The number of nitrogens with zero attached hydrogens (tertiary/aromatic N) is 3. The minimum absolute atomic E-state index is 0.237. The van der Waals surface area contributed by atoms with Crippen molar-refractivity contribution in [2.45, 2.75) is 13.0 Å². The van der Waals surface area contributed by atoms with E-state index in [2.05, 4.69) is 15.6 Å². The fourth-order valence-corrected chi connectivity index (χ4v) is 3.78. The molecule has 0 spiro atoms. The first-order chi connectivity index (χ1) is 13.1. The fourth-order valence-electron chi connectivity index (χ4n) is 2.98. The topological polar surface area (TPSA) is 73.0 Å². The number of hydrogen-bond acceptors (Lipinski definition) is 5. The van der Waals surface area contributed by atoms with E-state index in [4.69, 9.17) is 4.52 Å². The molecule has 1 aromatic carbocycles. The highest BCUT2D eigenvalue weighted by Gasteiger charge is 2.22. The molecule has 136 valence electrons. The van der Waals surface area contributed by atoms with Crippen molar-refractivity contribution in [3.05, 3.63) is 81.9 Å². The molecular weight excluding hydrogens is 360 g/mol. The number of carbonyl (C=O) groups excluding carboxylic acids is 1. The molecule has 6 nitrogen and oxygen atoms in total. The first kappa shape index (κ1) is 17.2. The molecule has 4 aromatic rings. The summed E-state index contributed by atoms with van der Waals surface area (Å²) in [6.45, 7) is 1.89. The van der Waals surface area contributed by atoms with Crippen LogP contribution in [-0.2, 0) is 7.05 Å². The number of benzene rings is 1. The Bertz CT molecular complexity index is 1050. The molecule has 7 heteroatoms. The standard InChI is InChI=1S/C20H18N4O2S/c1-13-15(12-24(2)22-13)17-11-16(23-26-17)20(25)21-19(18-9-6-10-27-18)14-7-4-3-5-8-14/h3-12,19H,1-2H3,(H,21,25). The van der Waals surface area contributed by atoms with Crippen molar-refractivity contribution in [2.75, 3.05) is 0 Å². The maximum atomic E-state index is 12.8. The third-order valence-electron chi connectivity index (χ3n) is 4.26. The second-order valence-electron chi connectivity index (χ2n) is 6.21. The molecule has 0 aliphatic rings. The van der Waals surface area contributed by atoms with Crippen molar-refractivity contribution < 1.29 is 9.32 Å². The molecule has 0 aliphatic carbocycles. The van der Waals surface area contributed by atoms with Gasteiger partial charge >= 0.3 is 0 Å². The lowest BCUT2D eigenvalue weighted by molar-refractivity contribution is 0.0934. The summed E-state index contributed by atoms with van der Waals surface area (Å²) in [5.41, 5.74) is 2.90. The molecule has 0 radical (unpaired) electrons. The van der Waals surface area contributed by atoms with E-state index in [-0.39, 0.29) is 17.6 Å². The van der Waals surface area contributed by atoms with E-state index in [0.717, 1.165) is 21.7 Å². The summed E-state index contributed by atoms with van der Waals surface area (Å²) in [6, 6.07) is 15.3. The van der Waals surface area contributed by atoms with Gasteiger partial charge in [-0.25, -0.2) is 0 Å². The number of amides is 1. The number of aryl methyl sites for hydroxylation is 2. The van der Waals surface area contributed by atoms with Gasteiger partial charge in [-0.2, -0.15) is 5.10 Å².